The molecular weight excluding hydrogens is 312 g/mol. The van der Waals surface area contributed by atoms with Crippen molar-refractivity contribution in [1.29, 1.82) is 0 Å². The lowest BCUT2D eigenvalue weighted by Crippen LogP contribution is -2.11. The molecule has 0 fully saturated rings. The predicted molar refractivity (Wildman–Crippen MR) is 101 cm³/mol. The number of nitrogens with one attached hydrogen (secondary N) is 1. The molecule has 0 heterocycles. The summed E-state index contributed by atoms with van der Waals surface area (Å²) in [6, 6.07) is 24.2. The minimum atomic E-state index is -0.186. The van der Waals surface area contributed by atoms with Crippen molar-refractivity contribution in [3.63, 3.8) is 0 Å². The van der Waals surface area contributed by atoms with Crippen LogP contribution >= 0.6 is 0 Å². The Morgan fingerprint density at radius 2 is 1.60 bits per heavy atom. The van der Waals surface area contributed by atoms with E-state index < -0.39 is 0 Å². The third-order valence-electron chi connectivity index (χ3n) is 3.65. The van der Waals surface area contributed by atoms with E-state index in [0.717, 1.165) is 17.0 Å². The maximum atomic E-state index is 12.5. The second-order valence-corrected chi connectivity index (χ2v) is 5.37. The van der Waals surface area contributed by atoms with Gasteiger partial charge < -0.3 is 10.1 Å². The number of ether oxygens (including phenoxy) is 1. The summed E-state index contributed by atoms with van der Waals surface area (Å²) in [4.78, 5) is 17.0. The lowest BCUT2D eigenvalue weighted by atomic mass is 10.1. The second-order valence-electron chi connectivity index (χ2n) is 5.37. The molecule has 0 saturated heterocycles. The normalized spacial score (nSPS) is 10.6. The number of nitrogens with zero attached hydrogens (tertiary/aromatic N) is 1. The first kappa shape index (κ1) is 16.5. The molecule has 0 atom stereocenters. The molecule has 124 valence electrons. The Bertz CT molecular complexity index is 872. The van der Waals surface area contributed by atoms with Gasteiger partial charge in [0.2, 0.25) is 0 Å². The van der Waals surface area contributed by atoms with Crippen LogP contribution in [0.3, 0.4) is 0 Å². The first-order valence-electron chi connectivity index (χ1n) is 7.90. The summed E-state index contributed by atoms with van der Waals surface area (Å²) in [6.07, 6.45) is 1.73. The van der Waals surface area contributed by atoms with E-state index >= 15 is 0 Å². The van der Waals surface area contributed by atoms with Crippen LogP contribution in [0, 0.1) is 0 Å². The van der Waals surface area contributed by atoms with Crippen molar-refractivity contribution < 1.29 is 9.53 Å². The first-order chi connectivity index (χ1) is 12.3. The van der Waals surface area contributed by atoms with Gasteiger partial charge >= 0.3 is 0 Å². The SMILES string of the molecule is COc1ccc(C=Nc2ccccc2C(=O)Nc2ccccc2)cc1. The van der Waals surface area contributed by atoms with Crippen LogP contribution in [0.2, 0.25) is 0 Å². The van der Waals surface area contributed by atoms with Crippen LogP contribution in [0.1, 0.15) is 15.9 Å². The van der Waals surface area contributed by atoms with E-state index in [1.54, 1.807) is 19.4 Å². The van der Waals surface area contributed by atoms with E-state index in [2.05, 4.69) is 10.3 Å². The third kappa shape index (κ3) is 4.32. The summed E-state index contributed by atoms with van der Waals surface area (Å²) >= 11 is 0. The van der Waals surface area contributed by atoms with Crippen molar-refractivity contribution in [1.82, 2.24) is 0 Å². The van der Waals surface area contributed by atoms with Gasteiger partial charge in [-0.2, -0.15) is 0 Å². The topological polar surface area (TPSA) is 50.7 Å². The number of rotatable bonds is 5. The average Bonchev–Trinajstić information content (AvgIpc) is 2.68. The lowest BCUT2D eigenvalue weighted by Gasteiger charge is -2.07. The van der Waals surface area contributed by atoms with Gasteiger partial charge in [-0.1, -0.05) is 30.3 Å². The minimum absolute atomic E-state index is 0.186. The fraction of sp³-hybridized carbons (Fsp3) is 0.0476. The largest absolute Gasteiger partial charge is 0.497 e. The fourth-order valence-corrected chi connectivity index (χ4v) is 2.33. The molecule has 1 N–H and O–H groups in total. The Kier molecular flexibility index (Phi) is 5.22. The molecule has 0 unspecified atom stereocenters. The molecule has 0 aliphatic carbocycles. The minimum Gasteiger partial charge on any atom is -0.497 e. The van der Waals surface area contributed by atoms with Gasteiger partial charge in [-0.25, -0.2) is 0 Å². The predicted octanol–water partition coefficient (Wildman–Crippen LogP) is 4.70. The van der Waals surface area contributed by atoms with Crippen molar-refractivity contribution >= 4 is 23.5 Å². The molecule has 0 aliphatic rings. The molecule has 3 aromatic rings. The van der Waals surface area contributed by atoms with Crippen LogP contribution in [0.4, 0.5) is 11.4 Å². The fourth-order valence-electron chi connectivity index (χ4n) is 2.33. The summed E-state index contributed by atoms with van der Waals surface area (Å²) in [5.41, 5.74) is 2.82. The maximum absolute atomic E-state index is 12.5. The highest BCUT2D eigenvalue weighted by Crippen LogP contribution is 2.20. The van der Waals surface area contributed by atoms with E-state index in [1.807, 2.05) is 72.8 Å². The van der Waals surface area contributed by atoms with Crippen LogP contribution < -0.4 is 10.1 Å². The first-order valence-corrected chi connectivity index (χ1v) is 7.90. The summed E-state index contributed by atoms with van der Waals surface area (Å²) in [5.74, 6) is 0.605. The van der Waals surface area contributed by atoms with E-state index in [-0.39, 0.29) is 5.91 Å². The van der Waals surface area contributed by atoms with Crippen LogP contribution in [-0.2, 0) is 0 Å². The number of methoxy groups -OCH3 is 1. The number of para-hydroxylation sites is 2. The van der Waals surface area contributed by atoms with Gasteiger partial charge in [0.25, 0.3) is 5.91 Å². The number of hydrogen-bond acceptors (Lipinski definition) is 3. The summed E-state index contributed by atoms with van der Waals surface area (Å²) in [5, 5.41) is 2.88. The third-order valence-corrected chi connectivity index (χ3v) is 3.65. The van der Waals surface area contributed by atoms with Crippen molar-refractivity contribution in [2.45, 2.75) is 0 Å². The van der Waals surface area contributed by atoms with Crippen LogP contribution in [0.5, 0.6) is 5.75 Å². The molecule has 0 radical (unpaired) electrons. The van der Waals surface area contributed by atoms with Crippen LogP contribution in [0.25, 0.3) is 0 Å². The second kappa shape index (κ2) is 7.93. The van der Waals surface area contributed by atoms with Crippen molar-refractivity contribution in [2.75, 3.05) is 12.4 Å². The smallest absolute Gasteiger partial charge is 0.257 e. The highest BCUT2D eigenvalue weighted by atomic mass is 16.5. The van der Waals surface area contributed by atoms with E-state index in [1.165, 1.54) is 0 Å². The number of anilines is 1. The van der Waals surface area contributed by atoms with E-state index in [0.29, 0.717) is 11.3 Å². The molecule has 0 aromatic heterocycles. The summed E-state index contributed by atoms with van der Waals surface area (Å²) in [6.45, 7) is 0. The molecule has 3 aromatic carbocycles. The van der Waals surface area contributed by atoms with Crippen molar-refractivity contribution in [2.24, 2.45) is 4.99 Å². The molecule has 0 bridgehead atoms. The highest BCUT2D eigenvalue weighted by Gasteiger charge is 2.10. The molecular formula is C21H18N2O2. The summed E-state index contributed by atoms with van der Waals surface area (Å²) in [7, 11) is 1.63. The van der Waals surface area contributed by atoms with Gasteiger partial charge in [-0.05, 0) is 54.1 Å². The average molecular weight is 330 g/mol. The zero-order valence-corrected chi connectivity index (χ0v) is 13.8. The number of amides is 1. The van der Waals surface area contributed by atoms with Gasteiger partial charge in [0, 0.05) is 11.9 Å². The molecule has 0 spiro atoms. The molecule has 4 heteroatoms. The number of carbonyl (C=O) groups excluding carboxylic acids is 1. The molecule has 0 aliphatic heterocycles. The van der Waals surface area contributed by atoms with Gasteiger partial charge in [0.15, 0.2) is 0 Å². The van der Waals surface area contributed by atoms with E-state index in [4.69, 9.17) is 4.74 Å². The number of hydrogen-bond donors (Lipinski definition) is 1. The van der Waals surface area contributed by atoms with Crippen molar-refractivity contribution in [3.05, 3.63) is 90.0 Å². The Balaban J connectivity index is 1.80. The number of benzene rings is 3. The van der Waals surface area contributed by atoms with Crippen LogP contribution in [0.15, 0.2) is 83.9 Å². The molecule has 3 rings (SSSR count). The van der Waals surface area contributed by atoms with Crippen molar-refractivity contribution in [3.8, 4) is 5.75 Å². The van der Waals surface area contributed by atoms with Gasteiger partial charge in [-0.15, -0.1) is 0 Å². The molecule has 0 saturated carbocycles. The van der Waals surface area contributed by atoms with Gasteiger partial charge in [0.1, 0.15) is 5.75 Å². The molecule has 4 nitrogen and oxygen atoms in total. The molecule has 1 amide bonds. The maximum Gasteiger partial charge on any atom is 0.257 e. The monoisotopic (exact) mass is 330 g/mol. The standard InChI is InChI=1S/C21H18N2O2/c1-25-18-13-11-16(12-14-18)15-22-20-10-6-5-9-19(20)21(24)23-17-7-3-2-4-8-17/h2-15H,1H3,(H,23,24). The number of carbonyl (C=O) groups is 1. The zero-order valence-electron chi connectivity index (χ0n) is 13.8. The molecule has 25 heavy (non-hydrogen) atoms. The Labute approximate surface area is 146 Å². The van der Waals surface area contributed by atoms with Crippen LogP contribution in [-0.4, -0.2) is 19.2 Å². The zero-order chi connectivity index (χ0) is 17.5. The lowest BCUT2D eigenvalue weighted by molar-refractivity contribution is 0.102. The Morgan fingerprint density at radius 3 is 2.32 bits per heavy atom. The quantitative estimate of drug-likeness (QED) is 0.690. The Morgan fingerprint density at radius 1 is 0.920 bits per heavy atom. The van der Waals surface area contributed by atoms with E-state index in [9.17, 15) is 4.79 Å². The summed E-state index contributed by atoms with van der Waals surface area (Å²) < 4.78 is 5.14. The highest BCUT2D eigenvalue weighted by molar-refractivity contribution is 6.08. The van der Waals surface area contributed by atoms with Gasteiger partial charge in [0.05, 0.1) is 18.4 Å². The Hall–Kier alpha value is -3.40. The number of aliphatic imine (C=N–C) groups is 1. The van der Waals surface area contributed by atoms with Gasteiger partial charge in [-0.3, -0.25) is 9.79 Å².